The van der Waals surface area contributed by atoms with Gasteiger partial charge in [0, 0.05) is 12.6 Å². The number of likely N-dealkylation sites (tertiary alicyclic amines) is 1. The summed E-state index contributed by atoms with van der Waals surface area (Å²) in [5.74, 6) is 0.959. The summed E-state index contributed by atoms with van der Waals surface area (Å²) >= 11 is 0. The van der Waals surface area contributed by atoms with Crippen molar-refractivity contribution in [1.29, 1.82) is 0 Å². The minimum absolute atomic E-state index is 0.0271. The molecule has 2 N–H and O–H groups in total. The fourth-order valence-electron chi connectivity index (χ4n) is 4.49. The number of hydrogen-bond donors (Lipinski definition) is 1. The maximum absolute atomic E-state index is 6.36. The molecular formula is C18H28N2O. The van der Waals surface area contributed by atoms with Crippen LogP contribution in [0.1, 0.15) is 50.2 Å². The Morgan fingerprint density at radius 3 is 2.95 bits per heavy atom. The third-order valence-electron chi connectivity index (χ3n) is 5.59. The summed E-state index contributed by atoms with van der Waals surface area (Å²) < 4.78 is 5.47. The van der Waals surface area contributed by atoms with Crippen molar-refractivity contribution in [2.75, 3.05) is 20.2 Å². The van der Waals surface area contributed by atoms with Crippen molar-refractivity contribution >= 4 is 0 Å². The maximum Gasteiger partial charge on any atom is 0.119 e. The van der Waals surface area contributed by atoms with E-state index in [0.717, 1.165) is 5.75 Å². The Bertz CT molecular complexity index is 502. The fraction of sp³-hybridized carbons (Fsp3) is 0.667. The third kappa shape index (κ3) is 2.36. The minimum atomic E-state index is 0.0271. The van der Waals surface area contributed by atoms with Gasteiger partial charge in [0.25, 0.3) is 0 Å². The minimum Gasteiger partial charge on any atom is -0.497 e. The van der Waals surface area contributed by atoms with E-state index in [0.29, 0.717) is 12.6 Å². The van der Waals surface area contributed by atoms with Gasteiger partial charge in [-0.3, -0.25) is 4.90 Å². The molecule has 2 atom stereocenters. The zero-order chi connectivity index (χ0) is 14.9. The van der Waals surface area contributed by atoms with Gasteiger partial charge in [-0.25, -0.2) is 0 Å². The highest BCUT2D eigenvalue weighted by Gasteiger charge is 2.44. The van der Waals surface area contributed by atoms with Gasteiger partial charge in [-0.2, -0.15) is 0 Å². The molecule has 2 unspecified atom stereocenters. The van der Waals surface area contributed by atoms with E-state index in [-0.39, 0.29) is 5.54 Å². The van der Waals surface area contributed by atoms with Crippen LogP contribution in [0.2, 0.25) is 0 Å². The van der Waals surface area contributed by atoms with Crippen molar-refractivity contribution in [3.8, 4) is 5.75 Å². The van der Waals surface area contributed by atoms with E-state index in [1.807, 2.05) is 0 Å². The maximum atomic E-state index is 6.36. The van der Waals surface area contributed by atoms with Crippen LogP contribution in [0.25, 0.3) is 0 Å². The summed E-state index contributed by atoms with van der Waals surface area (Å²) in [6.07, 6.45) is 7.44. The molecule has 1 aromatic rings. The molecule has 0 radical (unpaired) electrons. The molecule has 1 saturated heterocycles. The van der Waals surface area contributed by atoms with E-state index in [9.17, 15) is 0 Å². The van der Waals surface area contributed by atoms with Gasteiger partial charge < -0.3 is 10.5 Å². The predicted octanol–water partition coefficient (Wildman–Crippen LogP) is 3.06. The smallest absolute Gasteiger partial charge is 0.119 e. The number of nitrogens with zero attached hydrogens (tertiary/aromatic N) is 1. The lowest BCUT2D eigenvalue weighted by atomic mass is 9.74. The summed E-state index contributed by atoms with van der Waals surface area (Å²) in [6.45, 7) is 4.21. The van der Waals surface area contributed by atoms with Gasteiger partial charge in [-0.1, -0.05) is 13.0 Å². The van der Waals surface area contributed by atoms with Crippen molar-refractivity contribution in [3.63, 3.8) is 0 Å². The highest BCUT2D eigenvalue weighted by molar-refractivity contribution is 5.42. The first kappa shape index (κ1) is 14.9. The summed E-state index contributed by atoms with van der Waals surface area (Å²) in [6, 6.07) is 7.26. The summed E-state index contributed by atoms with van der Waals surface area (Å²) in [5.41, 5.74) is 9.28. The first-order valence-corrected chi connectivity index (χ1v) is 8.39. The number of benzene rings is 1. The summed E-state index contributed by atoms with van der Waals surface area (Å²) in [5, 5.41) is 0. The van der Waals surface area contributed by atoms with E-state index < -0.39 is 0 Å². The van der Waals surface area contributed by atoms with Crippen LogP contribution in [-0.2, 0) is 12.0 Å². The van der Waals surface area contributed by atoms with Crippen LogP contribution in [-0.4, -0.2) is 31.1 Å². The molecule has 1 aliphatic carbocycles. The highest BCUT2D eigenvalue weighted by Crippen LogP contribution is 2.44. The van der Waals surface area contributed by atoms with Crippen molar-refractivity contribution in [2.24, 2.45) is 5.73 Å². The van der Waals surface area contributed by atoms with Gasteiger partial charge in [0.05, 0.1) is 12.6 Å². The second kappa shape index (κ2) is 5.98. The average molecular weight is 288 g/mol. The Hall–Kier alpha value is -1.06. The number of fused-ring (bicyclic) bond motifs is 1. The molecule has 0 spiro atoms. The Morgan fingerprint density at radius 1 is 1.38 bits per heavy atom. The second-order valence-corrected chi connectivity index (χ2v) is 6.51. The first-order valence-electron chi connectivity index (χ1n) is 8.39. The van der Waals surface area contributed by atoms with E-state index in [1.54, 1.807) is 7.11 Å². The fourth-order valence-corrected chi connectivity index (χ4v) is 4.49. The van der Waals surface area contributed by atoms with E-state index in [2.05, 4.69) is 30.0 Å². The third-order valence-corrected chi connectivity index (χ3v) is 5.59. The van der Waals surface area contributed by atoms with Crippen LogP contribution in [0.5, 0.6) is 5.75 Å². The Balaban J connectivity index is 2.07. The van der Waals surface area contributed by atoms with Gasteiger partial charge in [0.15, 0.2) is 0 Å². The van der Waals surface area contributed by atoms with Crippen molar-refractivity contribution in [2.45, 2.75) is 57.0 Å². The van der Waals surface area contributed by atoms with Gasteiger partial charge in [-0.05, 0) is 68.3 Å². The highest BCUT2D eigenvalue weighted by atomic mass is 16.5. The molecule has 1 fully saturated rings. The molecule has 2 aliphatic rings. The van der Waals surface area contributed by atoms with Crippen molar-refractivity contribution in [1.82, 2.24) is 4.90 Å². The predicted molar refractivity (Wildman–Crippen MR) is 86.7 cm³/mol. The normalized spacial score (nSPS) is 29.4. The topological polar surface area (TPSA) is 38.5 Å². The molecule has 0 saturated carbocycles. The molecule has 1 heterocycles. The van der Waals surface area contributed by atoms with Crippen LogP contribution in [0.4, 0.5) is 0 Å². The molecule has 1 aliphatic heterocycles. The number of methoxy groups -OCH3 is 1. The number of ether oxygens (including phenoxy) is 1. The quantitative estimate of drug-likeness (QED) is 0.925. The monoisotopic (exact) mass is 288 g/mol. The Morgan fingerprint density at radius 2 is 2.24 bits per heavy atom. The average Bonchev–Trinajstić information content (AvgIpc) is 3.02. The zero-order valence-electron chi connectivity index (χ0n) is 13.4. The Kier molecular flexibility index (Phi) is 4.23. The lowest BCUT2D eigenvalue weighted by molar-refractivity contribution is 0.0591. The van der Waals surface area contributed by atoms with Crippen LogP contribution < -0.4 is 10.5 Å². The largest absolute Gasteiger partial charge is 0.497 e. The van der Waals surface area contributed by atoms with Gasteiger partial charge >= 0.3 is 0 Å². The van der Waals surface area contributed by atoms with Gasteiger partial charge in [0.1, 0.15) is 5.75 Å². The van der Waals surface area contributed by atoms with Crippen LogP contribution in [0.15, 0.2) is 18.2 Å². The van der Waals surface area contributed by atoms with Crippen LogP contribution >= 0.6 is 0 Å². The molecule has 0 amide bonds. The van der Waals surface area contributed by atoms with Crippen molar-refractivity contribution in [3.05, 3.63) is 29.3 Å². The van der Waals surface area contributed by atoms with Crippen LogP contribution in [0, 0.1) is 0 Å². The van der Waals surface area contributed by atoms with Gasteiger partial charge in [0.2, 0.25) is 0 Å². The van der Waals surface area contributed by atoms with Crippen LogP contribution in [0.3, 0.4) is 0 Å². The van der Waals surface area contributed by atoms with E-state index >= 15 is 0 Å². The molecule has 0 bridgehead atoms. The van der Waals surface area contributed by atoms with Gasteiger partial charge in [-0.15, -0.1) is 0 Å². The van der Waals surface area contributed by atoms with E-state index in [1.165, 1.54) is 56.2 Å². The molecule has 116 valence electrons. The number of hydrogen-bond acceptors (Lipinski definition) is 3. The standard InChI is InChI=1S/C18H28N2O/c1-3-15-7-5-11-20(15)18(13-19)10-4-6-14-8-9-16(21-2)12-17(14)18/h8-9,12,15H,3-7,10-11,13,19H2,1-2H3. The summed E-state index contributed by atoms with van der Waals surface area (Å²) in [7, 11) is 1.75. The molecule has 3 rings (SSSR count). The Labute approximate surface area is 128 Å². The lowest BCUT2D eigenvalue weighted by Gasteiger charge is -2.48. The molecule has 1 aromatic carbocycles. The summed E-state index contributed by atoms with van der Waals surface area (Å²) in [4.78, 5) is 2.71. The molecule has 21 heavy (non-hydrogen) atoms. The number of nitrogens with two attached hydrogens (primary N) is 1. The zero-order valence-corrected chi connectivity index (χ0v) is 13.4. The molecule has 3 heteroatoms. The van der Waals surface area contributed by atoms with Crippen molar-refractivity contribution < 1.29 is 4.74 Å². The molecular weight excluding hydrogens is 260 g/mol. The lowest BCUT2D eigenvalue weighted by Crippen LogP contribution is -2.54. The number of aryl methyl sites for hydroxylation is 1. The SMILES string of the molecule is CCC1CCCN1C1(CN)CCCc2ccc(OC)cc21. The number of rotatable bonds is 4. The van der Waals surface area contributed by atoms with E-state index in [4.69, 9.17) is 10.5 Å². The molecule has 3 nitrogen and oxygen atoms in total. The first-order chi connectivity index (χ1) is 10.2. The molecule has 0 aromatic heterocycles. The second-order valence-electron chi connectivity index (χ2n) is 6.51.